The quantitative estimate of drug-likeness (QED) is 0.607. The van der Waals surface area contributed by atoms with Gasteiger partial charge in [-0.2, -0.15) is 0 Å². The third-order valence-corrected chi connectivity index (χ3v) is 7.41. The maximum Gasteiger partial charge on any atom is 0.246 e. The van der Waals surface area contributed by atoms with E-state index in [-0.39, 0.29) is 41.3 Å². The minimum absolute atomic E-state index is 0.00900. The molecule has 2 saturated heterocycles. The van der Waals surface area contributed by atoms with Crippen LogP contribution in [0.2, 0.25) is 5.02 Å². The number of benzene rings is 1. The number of carbonyl (C=O) groups excluding carboxylic acids is 2. The van der Waals surface area contributed by atoms with Crippen LogP contribution in [-0.2, 0) is 9.59 Å². The average molecular weight is 480 g/mol. The van der Waals surface area contributed by atoms with E-state index in [2.05, 4.69) is 4.90 Å². The highest BCUT2D eigenvalue weighted by Gasteiger charge is 2.51. The molecule has 1 saturated carbocycles. The Morgan fingerprint density at radius 1 is 1.21 bits per heavy atom. The zero-order valence-corrected chi connectivity index (χ0v) is 19.4. The van der Waals surface area contributed by atoms with Gasteiger partial charge in [-0.25, -0.2) is 4.39 Å². The van der Waals surface area contributed by atoms with E-state index in [0.717, 1.165) is 25.8 Å². The minimum atomic E-state index is -0.709. The molecule has 2 amide bonds. The minimum Gasteiger partial charge on any atom is -0.391 e. The number of aliphatic hydroxyl groups is 2. The van der Waals surface area contributed by atoms with Gasteiger partial charge in [-0.3, -0.25) is 14.5 Å². The Labute approximate surface area is 198 Å². The number of likely N-dealkylation sites (tertiary alicyclic amines) is 1. The Morgan fingerprint density at radius 3 is 2.70 bits per heavy atom. The van der Waals surface area contributed by atoms with Crippen molar-refractivity contribution in [1.82, 2.24) is 14.7 Å². The summed E-state index contributed by atoms with van der Waals surface area (Å²) < 4.78 is 13.3. The Kier molecular flexibility index (Phi) is 7.38. The molecule has 1 spiro atoms. The van der Waals surface area contributed by atoms with Crippen molar-refractivity contribution < 1.29 is 24.2 Å². The van der Waals surface area contributed by atoms with Crippen molar-refractivity contribution in [2.24, 2.45) is 5.41 Å². The van der Waals surface area contributed by atoms with Gasteiger partial charge in [0.05, 0.1) is 17.2 Å². The van der Waals surface area contributed by atoms with Gasteiger partial charge in [-0.15, -0.1) is 0 Å². The molecule has 2 unspecified atom stereocenters. The van der Waals surface area contributed by atoms with Crippen LogP contribution in [0, 0.1) is 11.2 Å². The topological polar surface area (TPSA) is 84.3 Å². The summed E-state index contributed by atoms with van der Waals surface area (Å²) in [6, 6.07) is 4.22. The number of hydrogen-bond donors (Lipinski definition) is 2. The van der Waals surface area contributed by atoms with Gasteiger partial charge in [0.1, 0.15) is 5.82 Å². The molecule has 2 aliphatic heterocycles. The number of hydrogen-bond acceptors (Lipinski definition) is 5. The lowest BCUT2D eigenvalue weighted by Crippen LogP contribution is -2.49. The van der Waals surface area contributed by atoms with E-state index < -0.39 is 11.9 Å². The molecule has 9 heteroatoms. The Balaban J connectivity index is 1.26. The van der Waals surface area contributed by atoms with E-state index in [1.165, 1.54) is 24.3 Å². The fraction of sp³-hybridized carbons (Fsp3) is 0.583. The number of rotatable bonds is 6. The van der Waals surface area contributed by atoms with Crippen molar-refractivity contribution >= 4 is 29.5 Å². The second-order valence-corrected chi connectivity index (χ2v) is 9.87. The molecule has 4 rings (SSSR count). The van der Waals surface area contributed by atoms with Crippen LogP contribution in [0.15, 0.2) is 24.3 Å². The van der Waals surface area contributed by atoms with Gasteiger partial charge >= 0.3 is 0 Å². The first-order valence-corrected chi connectivity index (χ1v) is 11.9. The summed E-state index contributed by atoms with van der Waals surface area (Å²) in [5, 5.41) is 20.9. The van der Waals surface area contributed by atoms with Gasteiger partial charge in [-0.05, 0) is 55.0 Å². The van der Waals surface area contributed by atoms with Crippen molar-refractivity contribution in [2.45, 2.75) is 37.9 Å². The zero-order valence-electron chi connectivity index (χ0n) is 18.6. The average Bonchev–Trinajstić information content (AvgIpc) is 3.58. The SMILES string of the molecule is O=C(C=Cc1ccc(F)c(Cl)c1)N1CCC(=O)N(CC(O)CN2CCC3(CC3)C(O)C2)CC1. The Morgan fingerprint density at radius 2 is 2.00 bits per heavy atom. The van der Waals surface area contributed by atoms with E-state index in [9.17, 15) is 24.2 Å². The van der Waals surface area contributed by atoms with Gasteiger partial charge < -0.3 is 20.0 Å². The van der Waals surface area contributed by atoms with Crippen molar-refractivity contribution in [2.75, 3.05) is 45.8 Å². The Bertz CT molecular complexity index is 923. The molecule has 2 atom stereocenters. The molecule has 1 aromatic carbocycles. The van der Waals surface area contributed by atoms with Crippen LogP contribution in [0.3, 0.4) is 0 Å². The number of nitrogens with zero attached hydrogens (tertiary/aromatic N) is 3. The van der Waals surface area contributed by atoms with Gasteiger partial charge in [0.25, 0.3) is 0 Å². The lowest BCUT2D eigenvalue weighted by atomic mass is 9.90. The van der Waals surface area contributed by atoms with Crippen LogP contribution in [0.25, 0.3) is 6.08 Å². The maximum absolute atomic E-state index is 13.3. The zero-order chi connectivity index (χ0) is 23.6. The molecule has 33 heavy (non-hydrogen) atoms. The molecule has 1 aliphatic carbocycles. The van der Waals surface area contributed by atoms with Crippen LogP contribution < -0.4 is 0 Å². The first-order valence-electron chi connectivity index (χ1n) is 11.5. The third kappa shape index (κ3) is 5.93. The van der Waals surface area contributed by atoms with Gasteiger partial charge in [-0.1, -0.05) is 17.7 Å². The molecule has 2 heterocycles. The fourth-order valence-corrected chi connectivity index (χ4v) is 4.95. The molecule has 0 bridgehead atoms. The first-order chi connectivity index (χ1) is 15.8. The molecular weight excluding hydrogens is 449 g/mol. The summed E-state index contributed by atoms with van der Waals surface area (Å²) in [7, 11) is 0. The second kappa shape index (κ2) is 10.1. The number of β-amino-alcohol motifs (C(OH)–C–C–N with tert-alkyl or cyclic N) is 2. The highest BCUT2D eigenvalue weighted by Crippen LogP contribution is 2.53. The lowest BCUT2D eigenvalue weighted by molar-refractivity contribution is -0.132. The predicted molar refractivity (Wildman–Crippen MR) is 123 cm³/mol. The number of amides is 2. The highest BCUT2D eigenvalue weighted by molar-refractivity contribution is 6.30. The Hall–Kier alpha value is -2.00. The molecule has 7 nitrogen and oxygen atoms in total. The van der Waals surface area contributed by atoms with Crippen molar-refractivity contribution in [3.8, 4) is 0 Å². The van der Waals surface area contributed by atoms with Crippen LogP contribution in [0.4, 0.5) is 4.39 Å². The monoisotopic (exact) mass is 479 g/mol. The van der Waals surface area contributed by atoms with Crippen molar-refractivity contribution in [1.29, 1.82) is 0 Å². The van der Waals surface area contributed by atoms with Crippen LogP contribution in [-0.4, -0.2) is 94.7 Å². The van der Waals surface area contributed by atoms with Crippen LogP contribution >= 0.6 is 11.6 Å². The van der Waals surface area contributed by atoms with Crippen molar-refractivity contribution in [3.63, 3.8) is 0 Å². The second-order valence-electron chi connectivity index (χ2n) is 9.46. The fourth-order valence-electron chi connectivity index (χ4n) is 4.77. The van der Waals surface area contributed by atoms with Gasteiger partial charge in [0, 0.05) is 51.8 Å². The van der Waals surface area contributed by atoms with Crippen molar-refractivity contribution in [3.05, 3.63) is 40.7 Å². The molecule has 2 N–H and O–H groups in total. The third-order valence-electron chi connectivity index (χ3n) is 7.12. The number of carbonyl (C=O) groups is 2. The highest BCUT2D eigenvalue weighted by atomic mass is 35.5. The molecule has 0 aromatic heterocycles. The normalized spacial score (nSPS) is 24.4. The number of piperidine rings is 1. The van der Waals surface area contributed by atoms with E-state index in [1.807, 2.05) is 0 Å². The van der Waals surface area contributed by atoms with Gasteiger partial charge in [0.15, 0.2) is 0 Å². The molecule has 3 aliphatic rings. The maximum atomic E-state index is 13.3. The molecular formula is C24H31ClFN3O4. The van der Waals surface area contributed by atoms with E-state index in [1.54, 1.807) is 15.9 Å². The summed E-state index contributed by atoms with van der Waals surface area (Å²) >= 11 is 5.77. The summed E-state index contributed by atoms with van der Waals surface area (Å²) in [6.45, 7) is 3.08. The number of aliphatic hydroxyl groups excluding tert-OH is 2. The summed E-state index contributed by atoms with van der Waals surface area (Å²) in [5.74, 6) is -0.840. The summed E-state index contributed by atoms with van der Waals surface area (Å²) in [4.78, 5) is 30.4. The summed E-state index contributed by atoms with van der Waals surface area (Å²) in [5.41, 5.74) is 0.733. The standard InChI is InChI=1S/C24H31ClFN3O4/c25-19-13-17(1-3-20(19)26)2-4-22(32)28-9-5-23(33)29(12-11-28)15-18(30)14-27-10-8-24(6-7-24)21(31)16-27/h1-4,13,18,21,30-31H,5-12,14-16H2. The van der Waals surface area contributed by atoms with E-state index in [4.69, 9.17) is 11.6 Å². The largest absolute Gasteiger partial charge is 0.391 e. The van der Waals surface area contributed by atoms with E-state index in [0.29, 0.717) is 38.3 Å². The predicted octanol–water partition coefficient (Wildman–Crippen LogP) is 1.76. The van der Waals surface area contributed by atoms with Gasteiger partial charge in [0.2, 0.25) is 11.8 Å². The van der Waals surface area contributed by atoms with E-state index >= 15 is 0 Å². The first kappa shape index (κ1) is 24.1. The summed E-state index contributed by atoms with van der Waals surface area (Å²) in [6.07, 6.45) is 5.26. The molecule has 3 fully saturated rings. The van der Waals surface area contributed by atoms with Crippen LogP contribution in [0.1, 0.15) is 31.2 Å². The molecule has 1 aromatic rings. The lowest BCUT2D eigenvalue weighted by Gasteiger charge is -2.37. The smallest absolute Gasteiger partial charge is 0.246 e. The van der Waals surface area contributed by atoms with Crippen LogP contribution in [0.5, 0.6) is 0 Å². The number of halogens is 2. The molecule has 0 radical (unpaired) electrons. The molecule has 180 valence electrons.